The zero-order valence-corrected chi connectivity index (χ0v) is 11.3. The van der Waals surface area contributed by atoms with Crippen molar-refractivity contribution in [3.05, 3.63) is 29.8 Å². The predicted molar refractivity (Wildman–Crippen MR) is 73.1 cm³/mol. The predicted octanol–water partition coefficient (Wildman–Crippen LogP) is 2.39. The molecular formula is C15H23NO2. The minimum atomic E-state index is 0.541. The Bertz CT molecular complexity index is 344. The Hall–Kier alpha value is -1.06. The van der Waals surface area contributed by atoms with Gasteiger partial charge >= 0.3 is 0 Å². The van der Waals surface area contributed by atoms with Gasteiger partial charge in [-0.25, -0.2) is 0 Å². The van der Waals surface area contributed by atoms with Crippen LogP contribution < -0.4 is 10.1 Å². The van der Waals surface area contributed by atoms with E-state index < -0.39 is 0 Å². The lowest BCUT2D eigenvalue weighted by atomic mass is 10.1. The maximum absolute atomic E-state index is 5.37. The molecule has 0 amide bonds. The maximum atomic E-state index is 5.37. The lowest BCUT2D eigenvalue weighted by Crippen LogP contribution is -2.37. The van der Waals surface area contributed by atoms with Crippen molar-refractivity contribution >= 4 is 0 Å². The molecule has 1 aliphatic rings. The van der Waals surface area contributed by atoms with Crippen LogP contribution in [0.3, 0.4) is 0 Å². The van der Waals surface area contributed by atoms with Crippen LogP contribution in [0.15, 0.2) is 24.3 Å². The number of benzene rings is 1. The number of nitrogens with one attached hydrogen (secondary N) is 1. The van der Waals surface area contributed by atoms with Crippen LogP contribution in [0.25, 0.3) is 0 Å². The fourth-order valence-corrected chi connectivity index (χ4v) is 2.33. The van der Waals surface area contributed by atoms with E-state index in [0.29, 0.717) is 12.1 Å². The summed E-state index contributed by atoms with van der Waals surface area (Å²) in [6.45, 7) is 4.03. The van der Waals surface area contributed by atoms with Gasteiger partial charge in [-0.2, -0.15) is 0 Å². The molecule has 1 N–H and O–H groups in total. The monoisotopic (exact) mass is 249 g/mol. The Morgan fingerprint density at radius 3 is 2.78 bits per heavy atom. The summed E-state index contributed by atoms with van der Waals surface area (Å²) < 4.78 is 10.5. The molecule has 18 heavy (non-hydrogen) atoms. The first-order valence-corrected chi connectivity index (χ1v) is 6.74. The van der Waals surface area contributed by atoms with Crippen molar-refractivity contribution in [3.63, 3.8) is 0 Å². The summed E-state index contributed by atoms with van der Waals surface area (Å²) in [5.41, 5.74) is 1.37. The van der Waals surface area contributed by atoms with Crippen LogP contribution in [0.2, 0.25) is 0 Å². The molecule has 0 radical (unpaired) electrons. The van der Waals surface area contributed by atoms with Gasteiger partial charge in [-0.1, -0.05) is 12.1 Å². The van der Waals surface area contributed by atoms with E-state index in [0.717, 1.165) is 38.2 Å². The van der Waals surface area contributed by atoms with E-state index in [2.05, 4.69) is 24.4 Å². The summed E-state index contributed by atoms with van der Waals surface area (Å²) >= 11 is 0. The third-order valence-electron chi connectivity index (χ3n) is 3.47. The molecule has 2 rings (SSSR count). The average Bonchev–Trinajstić information content (AvgIpc) is 2.90. The summed E-state index contributed by atoms with van der Waals surface area (Å²) in [5.74, 6) is 0.924. The van der Waals surface area contributed by atoms with Crippen LogP contribution in [-0.2, 0) is 11.2 Å². The van der Waals surface area contributed by atoms with Gasteiger partial charge in [-0.15, -0.1) is 0 Å². The van der Waals surface area contributed by atoms with E-state index in [1.54, 1.807) is 7.11 Å². The van der Waals surface area contributed by atoms with E-state index in [-0.39, 0.29) is 0 Å². The molecule has 1 aliphatic heterocycles. The molecule has 0 bridgehead atoms. The lowest BCUT2D eigenvalue weighted by Gasteiger charge is -2.18. The zero-order valence-electron chi connectivity index (χ0n) is 11.3. The number of aryl methyl sites for hydroxylation is 1. The smallest absolute Gasteiger partial charge is 0.118 e. The highest BCUT2D eigenvalue weighted by atomic mass is 16.5. The van der Waals surface area contributed by atoms with Crippen LogP contribution in [0.5, 0.6) is 5.75 Å². The third kappa shape index (κ3) is 4.00. The van der Waals surface area contributed by atoms with Gasteiger partial charge in [0, 0.05) is 18.7 Å². The Kier molecular flexibility index (Phi) is 5.02. The van der Waals surface area contributed by atoms with Crippen molar-refractivity contribution in [2.45, 2.75) is 38.3 Å². The molecule has 0 saturated carbocycles. The normalized spacial score (nSPS) is 20.9. The Morgan fingerprint density at radius 1 is 1.39 bits per heavy atom. The van der Waals surface area contributed by atoms with E-state index >= 15 is 0 Å². The number of rotatable bonds is 6. The van der Waals surface area contributed by atoms with Gasteiger partial charge in [-0.3, -0.25) is 0 Å². The molecule has 1 aromatic rings. The number of methoxy groups -OCH3 is 1. The largest absolute Gasteiger partial charge is 0.497 e. The topological polar surface area (TPSA) is 30.5 Å². The van der Waals surface area contributed by atoms with Crippen molar-refractivity contribution in [1.82, 2.24) is 5.32 Å². The average molecular weight is 249 g/mol. The minimum Gasteiger partial charge on any atom is -0.497 e. The molecule has 1 heterocycles. The summed E-state index contributed by atoms with van der Waals surface area (Å²) in [6, 6.07) is 9.43. The van der Waals surface area contributed by atoms with Gasteiger partial charge < -0.3 is 14.8 Å². The molecule has 1 fully saturated rings. The van der Waals surface area contributed by atoms with E-state index in [4.69, 9.17) is 9.47 Å². The van der Waals surface area contributed by atoms with Gasteiger partial charge in [0.15, 0.2) is 0 Å². The summed E-state index contributed by atoms with van der Waals surface area (Å²) in [5, 5.41) is 3.62. The second kappa shape index (κ2) is 6.76. The number of hydrogen-bond acceptors (Lipinski definition) is 3. The first-order valence-electron chi connectivity index (χ1n) is 6.74. The first kappa shape index (κ1) is 13.4. The SMILES string of the molecule is COc1ccc(CCC(C)NC2CCOC2)cc1. The maximum Gasteiger partial charge on any atom is 0.118 e. The van der Waals surface area contributed by atoms with Gasteiger partial charge in [0.25, 0.3) is 0 Å². The molecule has 100 valence electrons. The van der Waals surface area contributed by atoms with Crippen LogP contribution in [0, 0.1) is 0 Å². The summed E-state index contributed by atoms with van der Waals surface area (Å²) in [4.78, 5) is 0. The molecule has 1 aromatic carbocycles. The second-order valence-electron chi connectivity index (χ2n) is 5.01. The van der Waals surface area contributed by atoms with Crippen molar-refractivity contribution in [1.29, 1.82) is 0 Å². The molecule has 2 atom stereocenters. The highest BCUT2D eigenvalue weighted by Gasteiger charge is 2.17. The Balaban J connectivity index is 1.72. The first-order chi connectivity index (χ1) is 8.78. The second-order valence-corrected chi connectivity index (χ2v) is 5.01. The minimum absolute atomic E-state index is 0.541. The van der Waals surface area contributed by atoms with Crippen LogP contribution in [0.1, 0.15) is 25.3 Å². The van der Waals surface area contributed by atoms with Crippen LogP contribution in [0.4, 0.5) is 0 Å². The highest BCUT2D eigenvalue weighted by Crippen LogP contribution is 2.13. The Morgan fingerprint density at radius 2 is 2.17 bits per heavy atom. The molecule has 0 aliphatic carbocycles. The van der Waals surface area contributed by atoms with Crippen molar-refractivity contribution in [3.8, 4) is 5.75 Å². The quantitative estimate of drug-likeness (QED) is 0.839. The van der Waals surface area contributed by atoms with Crippen LogP contribution in [-0.4, -0.2) is 32.4 Å². The molecule has 2 unspecified atom stereocenters. The zero-order chi connectivity index (χ0) is 12.8. The standard InChI is InChI=1S/C15H23NO2/c1-12(16-14-9-10-18-11-14)3-4-13-5-7-15(17-2)8-6-13/h5-8,12,14,16H,3-4,9-11H2,1-2H3. The molecule has 0 spiro atoms. The summed E-state index contributed by atoms with van der Waals surface area (Å²) in [6.07, 6.45) is 3.40. The van der Waals surface area contributed by atoms with E-state index in [9.17, 15) is 0 Å². The third-order valence-corrected chi connectivity index (χ3v) is 3.47. The summed E-state index contributed by atoms with van der Waals surface area (Å²) in [7, 11) is 1.70. The molecular weight excluding hydrogens is 226 g/mol. The fraction of sp³-hybridized carbons (Fsp3) is 0.600. The van der Waals surface area contributed by atoms with Gasteiger partial charge in [-0.05, 0) is 43.9 Å². The van der Waals surface area contributed by atoms with Crippen molar-refractivity contribution in [2.24, 2.45) is 0 Å². The van der Waals surface area contributed by atoms with Gasteiger partial charge in [0.1, 0.15) is 5.75 Å². The number of hydrogen-bond donors (Lipinski definition) is 1. The van der Waals surface area contributed by atoms with Crippen molar-refractivity contribution < 1.29 is 9.47 Å². The number of ether oxygens (including phenoxy) is 2. The van der Waals surface area contributed by atoms with Gasteiger partial charge in [0.05, 0.1) is 13.7 Å². The highest BCUT2D eigenvalue weighted by molar-refractivity contribution is 5.27. The van der Waals surface area contributed by atoms with Gasteiger partial charge in [0.2, 0.25) is 0 Å². The Labute approximate surface area is 109 Å². The lowest BCUT2D eigenvalue weighted by molar-refractivity contribution is 0.188. The van der Waals surface area contributed by atoms with E-state index in [1.807, 2.05) is 12.1 Å². The molecule has 0 aromatic heterocycles. The van der Waals surface area contributed by atoms with E-state index in [1.165, 1.54) is 5.56 Å². The van der Waals surface area contributed by atoms with Crippen LogP contribution >= 0.6 is 0 Å². The molecule has 1 saturated heterocycles. The molecule has 3 heteroatoms. The fourth-order valence-electron chi connectivity index (χ4n) is 2.33. The van der Waals surface area contributed by atoms with Crippen molar-refractivity contribution in [2.75, 3.05) is 20.3 Å². The molecule has 3 nitrogen and oxygen atoms in total.